The molecule has 0 bridgehead atoms. The van der Waals surface area contributed by atoms with E-state index in [4.69, 9.17) is 9.47 Å². The monoisotopic (exact) mass is 347 g/mol. The van der Waals surface area contributed by atoms with Crippen molar-refractivity contribution in [2.45, 2.75) is 13.2 Å². The van der Waals surface area contributed by atoms with Crippen LogP contribution in [0, 0.1) is 0 Å². The largest absolute Gasteiger partial charge is 0.492 e. The summed E-state index contributed by atoms with van der Waals surface area (Å²) in [5, 5.41) is 2.17. The molecule has 0 aliphatic carbocycles. The second-order valence-electron chi connectivity index (χ2n) is 6.59. The Morgan fingerprint density at radius 1 is 1.04 bits per heavy atom. The Morgan fingerprint density at radius 3 is 2.73 bits per heavy atom. The van der Waals surface area contributed by atoms with Crippen LogP contribution in [0.15, 0.2) is 60.7 Å². The number of nitrogens with zero attached hydrogens (tertiary/aromatic N) is 1. The lowest BCUT2D eigenvalue weighted by Gasteiger charge is -2.22. The average Bonchev–Trinajstić information content (AvgIpc) is 2.67. The first-order chi connectivity index (χ1) is 12.7. The first-order valence-corrected chi connectivity index (χ1v) is 8.79. The maximum atomic E-state index is 12.0. The number of benzene rings is 3. The number of cyclic esters (lactones) is 1. The van der Waals surface area contributed by atoms with Crippen LogP contribution in [0.4, 0.5) is 0 Å². The van der Waals surface area contributed by atoms with Crippen molar-refractivity contribution in [1.29, 1.82) is 0 Å². The molecule has 0 radical (unpaired) electrons. The highest BCUT2D eigenvalue weighted by atomic mass is 16.5. The van der Waals surface area contributed by atoms with Crippen LogP contribution in [-0.2, 0) is 17.9 Å². The van der Waals surface area contributed by atoms with Crippen LogP contribution >= 0.6 is 0 Å². The molecule has 0 amide bonds. The minimum atomic E-state index is -0.232. The summed E-state index contributed by atoms with van der Waals surface area (Å²) in [7, 11) is 2.08. The van der Waals surface area contributed by atoms with Gasteiger partial charge in [-0.2, -0.15) is 0 Å². The summed E-state index contributed by atoms with van der Waals surface area (Å²) in [6.07, 6.45) is 0. The number of hydrogen-bond acceptors (Lipinski definition) is 4. The Kier molecular flexibility index (Phi) is 4.59. The van der Waals surface area contributed by atoms with Gasteiger partial charge in [-0.25, -0.2) is 4.79 Å². The average molecular weight is 347 g/mol. The molecule has 1 heterocycles. The number of ether oxygens (including phenoxy) is 2. The first-order valence-electron chi connectivity index (χ1n) is 8.79. The lowest BCUT2D eigenvalue weighted by Crippen LogP contribution is -2.24. The van der Waals surface area contributed by atoms with E-state index in [1.165, 1.54) is 5.56 Å². The predicted molar refractivity (Wildman–Crippen MR) is 101 cm³/mol. The smallest absolute Gasteiger partial charge is 0.339 e. The van der Waals surface area contributed by atoms with Gasteiger partial charge in [-0.1, -0.05) is 42.5 Å². The fourth-order valence-corrected chi connectivity index (χ4v) is 3.40. The molecule has 0 atom stereocenters. The number of carbonyl (C=O) groups is 1. The zero-order valence-electron chi connectivity index (χ0n) is 14.8. The van der Waals surface area contributed by atoms with Crippen LogP contribution in [-0.4, -0.2) is 31.1 Å². The van der Waals surface area contributed by atoms with E-state index in [1.807, 2.05) is 42.5 Å². The van der Waals surface area contributed by atoms with E-state index < -0.39 is 0 Å². The Hall–Kier alpha value is -2.85. The van der Waals surface area contributed by atoms with Gasteiger partial charge in [-0.15, -0.1) is 0 Å². The highest BCUT2D eigenvalue weighted by molar-refractivity contribution is 6.08. The van der Waals surface area contributed by atoms with Crippen LogP contribution < -0.4 is 4.74 Å². The Balaban J connectivity index is 1.48. The number of carbonyl (C=O) groups excluding carboxylic acids is 1. The van der Waals surface area contributed by atoms with E-state index in [9.17, 15) is 4.79 Å². The van der Waals surface area contributed by atoms with Gasteiger partial charge in [0.2, 0.25) is 0 Å². The molecule has 0 saturated heterocycles. The molecule has 0 fully saturated rings. The van der Waals surface area contributed by atoms with Gasteiger partial charge in [0.05, 0.1) is 5.56 Å². The predicted octanol–water partition coefficient (Wildman–Crippen LogP) is 4.02. The van der Waals surface area contributed by atoms with Crippen LogP contribution in [0.1, 0.15) is 21.5 Å². The highest BCUT2D eigenvalue weighted by Crippen LogP contribution is 2.31. The third-order valence-corrected chi connectivity index (χ3v) is 4.72. The van der Waals surface area contributed by atoms with Gasteiger partial charge in [0.1, 0.15) is 19.0 Å². The number of hydrogen-bond donors (Lipinski definition) is 0. The quantitative estimate of drug-likeness (QED) is 0.631. The lowest BCUT2D eigenvalue weighted by molar-refractivity contribution is 0.0463. The first kappa shape index (κ1) is 16.6. The Morgan fingerprint density at radius 2 is 1.88 bits per heavy atom. The molecule has 3 aromatic carbocycles. The van der Waals surface area contributed by atoms with Gasteiger partial charge in [-0.05, 0) is 41.8 Å². The van der Waals surface area contributed by atoms with E-state index in [-0.39, 0.29) is 5.97 Å². The summed E-state index contributed by atoms with van der Waals surface area (Å²) in [4.78, 5) is 14.3. The van der Waals surface area contributed by atoms with Gasteiger partial charge >= 0.3 is 5.97 Å². The van der Waals surface area contributed by atoms with Crippen molar-refractivity contribution >= 4 is 16.7 Å². The molecule has 4 heteroatoms. The molecule has 0 aromatic heterocycles. The third kappa shape index (κ3) is 3.28. The number of esters is 1. The molecular formula is C22H21NO3. The SMILES string of the molecule is CN(CCOc1ccccc1)Cc1ccc2c3c(cccc13)C(=O)OC2. The van der Waals surface area contributed by atoms with Gasteiger partial charge < -0.3 is 9.47 Å². The van der Waals surface area contributed by atoms with Gasteiger partial charge in [-0.3, -0.25) is 4.90 Å². The van der Waals surface area contributed by atoms with E-state index in [0.29, 0.717) is 18.8 Å². The van der Waals surface area contributed by atoms with Crippen LogP contribution in [0.2, 0.25) is 0 Å². The summed E-state index contributed by atoms with van der Waals surface area (Å²) < 4.78 is 11.0. The Labute approximate surface area is 153 Å². The summed E-state index contributed by atoms with van der Waals surface area (Å²) in [5.74, 6) is 0.658. The van der Waals surface area contributed by atoms with Gasteiger partial charge in [0.15, 0.2) is 0 Å². The van der Waals surface area contributed by atoms with Crippen molar-refractivity contribution in [2.24, 2.45) is 0 Å². The lowest BCUT2D eigenvalue weighted by atomic mass is 9.94. The van der Waals surface area contributed by atoms with Gasteiger partial charge in [0, 0.05) is 18.5 Å². The van der Waals surface area contributed by atoms with Crippen molar-refractivity contribution < 1.29 is 14.3 Å². The highest BCUT2D eigenvalue weighted by Gasteiger charge is 2.21. The third-order valence-electron chi connectivity index (χ3n) is 4.72. The fourth-order valence-electron chi connectivity index (χ4n) is 3.40. The molecule has 4 nitrogen and oxygen atoms in total. The van der Waals surface area contributed by atoms with Crippen molar-refractivity contribution in [3.63, 3.8) is 0 Å². The van der Waals surface area contributed by atoms with Crippen molar-refractivity contribution in [3.8, 4) is 5.75 Å². The molecule has 1 aliphatic heterocycles. The molecule has 132 valence electrons. The number of para-hydroxylation sites is 1. The summed E-state index contributed by atoms with van der Waals surface area (Å²) in [6.45, 7) is 2.61. The fraction of sp³-hybridized carbons (Fsp3) is 0.227. The summed E-state index contributed by atoms with van der Waals surface area (Å²) in [5.41, 5.74) is 2.96. The molecule has 0 saturated carbocycles. The topological polar surface area (TPSA) is 38.8 Å². The molecule has 0 spiro atoms. The minimum absolute atomic E-state index is 0.232. The second kappa shape index (κ2) is 7.18. The van der Waals surface area contributed by atoms with Crippen molar-refractivity contribution in [3.05, 3.63) is 77.4 Å². The minimum Gasteiger partial charge on any atom is -0.492 e. The standard InChI is InChI=1S/C22H21NO3/c1-23(12-13-25-18-6-3-2-4-7-18)14-16-10-11-17-15-26-22(24)20-9-5-8-19(16)21(17)20/h2-11H,12-15H2,1H3. The molecule has 0 unspecified atom stereocenters. The summed E-state index contributed by atoms with van der Waals surface area (Å²) in [6, 6.07) is 19.9. The zero-order valence-corrected chi connectivity index (χ0v) is 14.8. The molecule has 26 heavy (non-hydrogen) atoms. The van der Waals surface area contributed by atoms with Crippen molar-refractivity contribution in [2.75, 3.05) is 20.2 Å². The van der Waals surface area contributed by atoms with Gasteiger partial charge in [0.25, 0.3) is 0 Å². The zero-order chi connectivity index (χ0) is 17.9. The number of likely N-dealkylation sites (N-methyl/N-ethyl adjacent to an activating group) is 1. The molecule has 0 N–H and O–H groups in total. The number of rotatable bonds is 6. The van der Waals surface area contributed by atoms with Crippen LogP contribution in [0.5, 0.6) is 5.75 Å². The maximum absolute atomic E-state index is 12.0. The Bertz CT molecular complexity index is 937. The maximum Gasteiger partial charge on any atom is 0.339 e. The normalized spacial score (nSPS) is 13.1. The molecule has 3 aromatic rings. The summed E-state index contributed by atoms with van der Waals surface area (Å²) >= 11 is 0. The van der Waals surface area contributed by atoms with E-state index >= 15 is 0 Å². The van der Waals surface area contributed by atoms with Crippen molar-refractivity contribution in [1.82, 2.24) is 4.90 Å². The molecular weight excluding hydrogens is 326 g/mol. The molecule has 4 rings (SSSR count). The second-order valence-corrected chi connectivity index (χ2v) is 6.59. The van der Waals surface area contributed by atoms with E-state index in [0.717, 1.165) is 35.2 Å². The van der Waals surface area contributed by atoms with Crippen LogP contribution in [0.25, 0.3) is 10.8 Å². The molecule has 1 aliphatic rings. The van der Waals surface area contributed by atoms with Crippen LogP contribution in [0.3, 0.4) is 0 Å². The van der Waals surface area contributed by atoms with E-state index in [2.05, 4.69) is 30.1 Å². The van der Waals surface area contributed by atoms with E-state index in [1.54, 1.807) is 0 Å².